The van der Waals surface area contributed by atoms with Crippen LogP contribution in [0.4, 0.5) is 13.2 Å². The summed E-state index contributed by atoms with van der Waals surface area (Å²) in [5, 5.41) is 3.97. The van der Waals surface area contributed by atoms with Gasteiger partial charge in [0.2, 0.25) is 0 Å². The molecule has 0 aliphatic heterocycles. The first kappa shape index (κ1) is 17.1. The van der Waals surface area contributed by atoms with Gasteiger partial charge in [-0.2, -0.15) is 0 Å². The number of halogens is 3. The van der Waals surface area contributed by atoms with E-state index in [4.69, 9.17) is 0 Å². The Morgan fingerprint density at radius 1 is 1.08 bits per heavy atom. The predicted octanol–water partition coefficient (Wildman–Crippen LogP) is 5.01. The summed E-state index contributed by atoms with van der Waals surface area (Å²) in [4.78, 5) is 3.10. The molecule has 0 amide bonds. The second-order valence-corrected chi connectivity index (χ2v) is 6.16. The van der Waals surface area contributed by atoms with Gasteiger partial charge in [0.15, 0.2) is 0 Å². The Hall–Kier alpha value is -2.69. The van der Waals surface area contributed by atoms with Crippen LogP contribution in [0.2, 0.25) is 0 Å². The number of fused-ring (bicyclic) bond motifs is 1. The van der Waals surface area contributed by atoms with Crippen LogP contribution in [0.15, 0.2) is 36.9 Å². The van der Waals surface area contributed by atoms with Gasteiger partial charge in [0.05, 0.1) is 5.52 Å². The summed E-state index contributed by atoms with van der Waals surface area (Å²) in [5.74, 6) is -1.56. The molecule has 0 saturated heterocycles. The summed E-state index contributed by atoms with van der Waals surface area (Å²) in [6, 6.07) is 6.50. The van der Waals surface area contributed by atoms with Gasteiger partial charge >= 0.3 is 0 Å². The lowest BCUT2D eigenvalue weighted by Gasteiger charge is -2.11. The molecule has 25 heavy (non-hydrogen) atoms. The molecule has 0 saturated carbocycles. The van der Waals surface area contributed by atoms with Crippen LogP contribution >= 0.6 is 0 Å². The monoisotopic (exact) mass is 344 g/mol. The van der Waals surface area contributed by atoms with Gasteiger partial charge < -0.3 is 10.3 Å². The van der Waals surface area contributed by atoms with Crippen molar-refractivity contribution in [2.24, 2.45) is 0 Å². The predicted molar refractivity (Wildman–Crippen MR) is 94.8 cm³/mol. The number of aromatic amines is 1. The van der Waals surface area contributed by atoms with Crippen LogP contribution in [-0.4, -0.2) is 11.5 Å². The van der Waals surface area contributed by atoms with E-state index in [2.05, 4.69) is 16.9 Å². The van der Waals surface area contributed by atoms with Gasteiger partial charge in [0.25, 0.3) is 0 Å². The van der Waals surface area contributed by atoms with E-state index in [1.165, 1.54) is 18.2 Å². The molecule has 130 valence electrons. The molecular weight excluding hydrogens is 325 g/mol. The van der Waals surface area contributed by atoms with E-state index in [0.717, 1.165) is 28.3 Å². The van der Waals surface area contributed by atoms with Crippen molar-refractivity contribution in [2.75, 3.05) is 6.54 Å². The number of nitrogens with one attached hydrogen (secondary N) is 2. The summed E-state index contributed by atoms with van der Waals surface area (Å²) in [6.07, 6.45) is 0.632. The summed E-state index contributed by atoms with van der Waals surface area (Å²) >= 11 is 0. The smallest absolute Gasteiger partial charge is 0.147 e. The van der Waals surface area contributed by atoms with Crippen molar-refractivity contribution >= 4 is 16.6 Å². The molecule has 1 heterocycles. The number of H-pyrrole nitrogens is 1. The minimum Gasteiger partial charge on any atom is -0.385 e. The highest BCUT2D eigenvalue weighted by atomic mass is 19.1. The van der Waals surface area contributed by atoms with Crippen LogP contribution < -0.4 is 5.32 Å². The fourth-order valence-corrected chi connectivity index (χ4v) is 3.12. The second-order valence-electron chi connectivity index (χ2n) is 6.16. The number of hydrogen-bond acceptors (Lipinski definition) is 1. The fraction of sp³-hybridized carbons (Fsp3) is 0.200. The van der Waals surface area contributed by atoms with Crippen LogP contribution in [0.5, 0.6) is 0 Å². The van der Waals surface area contributed by atoms with Gasteiger partial charge in [-0.25, -0.2) is 13.2 Å². The van der Waals surface area contributed by atoms with Crippen molar-refractivity contribution in [2.45, 2.75) is 20.3 Å². The molecule has 2 N–H and O–H groups in total. The first-order chi connectivity index (χ1) is 11.9. The standard InChI is InChI=1S/C20H19F3N2/c1-11-4-5-18(23)20-19(11)17(13(3)25-20)6-7-24-12(2)14-8-15(21)10-16(22)9-14/h4-5,8-10,24-25H,2,6-7H2,1,3H3. The van der Waals surface area contributed by atoms with Crippen LogP contribution in [0, 0.1) is 31.3 Å². The molecule has 2 nitrogen and oxygen atoms in total. The van der Waals surface area contributed by atoms with E-state index in [-0.39, 0.29) is 5.82 Å². The maximum absolute atomic E-state index is 14.0. The third-order valence-electron chi connectivity index (χ3n) is 4.35. The Kier molecular flexibility index (Phi) is 4.57. The zero-order chi connectivity index (χ0) is 18.1. The van der Waals surface area contributed by atoms with Crippen LogP contribution in [0.25, 0.3) is 16.6 Å². The van der Waals surface area contributed by atoms with E-state index in [0.29, 0.717) is 29.7 Å². The molecule has 0 aliphatic carbocycles. The number of rotatable bonds is 5. The maximum atomic E-state index is 14.0. The van der Waals surface area contributed by atoms with Crippen LogP contribution in [0.3, 0.4) is 0 Å². The van der Waals surface area contributed by atoms with Crippen molar-refractivity contribution in [3.05, 3.63) is 76.7 Å². The van der Waals surface area contributed by atoms with Crippen LogP contribution in [0.1, 0.15) is 22.4 Å². The third-order valence-corrected chi connectivity index (χ3v) is 4.35. The highest BCUT2D eigenvalue weighted by Crippen LogP contribution is 2.28. The maximum Gasteiger partial charge on any atom is 0.147 e. The molecular formula is C20H19F3N2. The second kappa shape index (κ2) is 6.67. The normalized spacial score (nSPS) is 11.1. The van der Waals surface area contributed by atoms with Gasteiger partial charge in [0.1, 0.15) is 17.5 Å². The summed E-state index contributed by atoms with van der Waals surface area (Å²) in [7, 11) is 0. The Bertz CT molecular complexity index is 937. The molecule has 5 heteroatoms. The number of aromatic nitrogens is 1. The quantitative estimate of drug-likeness (QED) is 0.669. The van der Waals surface area contributed by atoms with E-state index < -0.39 is 11.6 Å². The van der Waals surface area contributed by atoms with E-state index in [9.17, 15) is 13.2 Å². The minimum atomic E-state index is -0.642. The van der Waals surface area contributed by atoms with Crippen molar-refractivity contribution in [3.63, 3.8) is 0 Å². The molecule has 0 radical (unpaired) electrons. The average molecular weight is 344 g/mol. The third kappa shape index (κ3) is 3.40. The molecule has 3 rings (SSSR count). The Labute approximate surface area is 144 Å². The van der Waals surface area contributed by atoms with E-state index >= 15 is 0 Å². The summed E-state index contributed by atoms with van der Waals surface area (Å²) in [6.45, 7) is 8.20. The average Bonchev–Trinajstić information content (AvgIpc) is 2.88. The Morgan fingerprint density at radius 2 is 1.76 bits per heavy atom. The SMILES string of the molecule is C=C(NCCc1c(C)[nH]c2c(F)ccc(C)c12)c1cc(F)cc(F)c1. The zero-order valence-corrected chi connectivity index (χ0v) is 14.1. The lowest BCUT2D eigenvalue weighted by molar-refractivity contribution is 0.582. The number of aryl methyl sites for hydroxylation is 2. The Morgan fingerprint density at radius 3 is 2.44 bits per heavy atom. The van der Waals surface area contributed by atoms with E-state index in [1.54, 1.807) is 6.07 Å². The van der Waals surface area contributed by atoms with Crippen molar-refractivity contribution in [1.82, 2.24) is 10.3 Å². The molecule has 3 aromatic rings. The van der Waals surface area contributed by atoms with Gasteiger partial charge in [0, 0.05) is 35.0 Å². The lowest BCUT2D eigenvalue weighted by Crippen LogP contribution is -2.15. The highest BCUT2D eigenvalue weighted by Gasteiger charge is 2.14. The molecule has 0 spiro atoms. The molecule has 0 fully saturated rings. The molecule has 0 atom stereocenters. The van der Waals surface area contributed by atoms with Crippen molar-refractivity contribution in [3.8, 4) is 0 Å². The van der Waals surface area contributed by atoms with Crippen LogP contribution in [-0.2, 0) is 6.42 Å². The Balaban J connectivity index is 1.76. The van der Waals surface area contributed by atoms with Gasteiger partial charge in [-0.1, -0.05) is 12.6 Å². The largest absolute Gasteiger partial charge is 0.385 e. The topological polar surface area (TPSA) is 27.8 Å². The van der Waals surface area contributed by atoms with Gasteiger partial charge in [-0.15, -0.1) is 0 Å². The molecule has 2 aromatic carbocycles. The lowest BCUT2D eigenvalue weighted by atomic mass is 10.0. The number of hydrogen-bond donors (Lipinski definition) is 2. The molecule has 0 unspecified atom stereocenters. The van der Waals surface area contributed by atoms with E-state index in [1.807, 2.05) is 13.8 Å². The zero-order valence-electron chi connectivity index (χ0n) is 14.1. The van der Waals surface area contributed by atoms with Crippen molar-refractivity contribution < 1.29 is 13.2 Å². The minimum absolute atomic E-state index is 0.275. The van der Waals surface area contributed by atoms with Gasteiger partial charge in [-0.05, 0) is 49.6 Å². The molecule has 1 aromatic heterocycles. The van der Waals surface area contributed by atoms with Crippen molar-refractivity contribution in [1.29, 1.82) is 0 Å². The first-order valence-electron chi connectivity index (χ1n) is 8.02. The molecule has 0 bridgehead atoms. The summed E-state index contributed by atoms with van der Waals surface area (Å²) in [5.41, 5.74) is 4.26. The van der Waals surface area contributed by atoms with Gasteiger partial charge in [-0.3, -0.25) is 0 Å². The summed E-state index contributed by atoms with van der Waals surface area (Å²) < 4.78 is 40.6. The first-order valence-corrected chi connectivity index (χ1v) is 8.02. The molecule has 0 aliphatic rings. The fourth-order valence-electron chi connectivity index (χ4n) is 3.12. The highest BCUT2D eigenvalue weighted by molar-refractivity contribution is 5.88. The number of benzene rings is 2.